The van der Waals surface area contributed by atoms with Gasteiger partial charge < -0.3 is 0 Å². The zero-order chi connectivity index (χ0) is 14.2. The lowest BCUT2D eigenvalue weighted by atomic mass is 10.0. The van der Waals surface area contributed by atoms with E-state index in [0.29, 0.717) is 5.52 Å². The molecule has 0 spiro atoms. The first-order valence-corrected chi connectivity index (χ1v) is 6.56. The van der Waals surface area contributed by atoms with E-state index in [1.807, 2.05) is 18.2 Å². The SMILES string of the molecule is Fc1ccc2c(c1)nc(-c1ccncc1)c1ccncc12. The second-order valence-corrected chi connectivity index (χ2v) is 4.78. The van der Waals surface area contributed by atoms with Gasteiger partial charge in [-0.15, -0.1) is 0 Å². The molecule has 100 valence electrons. The number of benzene rings is 1. The molecule has 0 bridgehead atoms. The third kappa shape index (κ3) is 1.92. The van der Waals surface area contributed by atoms with Gasteiger partial charge in [0.2, 0.25) is 0 Å². The lowest BCUT2D eigenvalue weighted by Gasteiger charge is -2.09. The van der Waals surface area contributed by atoms with E-state index >= 15 is 0 Å². The number of fused-ring (bicyclic) bond motifs is 3. The van der Waals surface area contributed by atoms with E-state index in [1.165, 1.54) is 12.1 Å². The predicted molar refractivity (Wildman–Crippen MR) is 80.2 cm³/mol. The molecule has 4 aromatic rings. The van der Waals surface area contributed by atoms with Crippen molar-refractivity contribution in [2.45, 2.75) is 0 Å². The first-order valence-electron chi connectivity index (χ1n) is 6.56. The van der Waals surface area contributed by atoms with Gasteiger partial charge in [0.1, 0.15) is 5.82 Å². The summed E-state index contributed by atoms with van der Waals surface area (Å²) >= 11 is 0. The van der Waals surface area contributed by atoms with Crippen LogP contribution in [0, 0.1) is 5.82 Å². The van der Waals surface area contributed by atoms with E-state index in [1.54, 1.807) is 30.9 Å². The van der Waals surface area contributed by atoms with Gasteiger partial charge in [0.25, 0.3) is 0 Å². The molecule has 0 unspecified atom stereocenters. The quantitative estimate of drug-likeness (QED) is 0.493. The van der Waals surface area contributed by atoms with Crippen LogP contribution in [0.25, 0.3) is 32.9 Å². The van der Waals surface area contributed by atoms with Crippen molar-refractivity contribution >= 4 is 21.7 Å². The lowest BCUT2D eigenvalue weighted by molar-refractivity contribution is 0.629. The molecule has 0 fully saturated rings. The van der Waals surface area contributed by atoms with E-state index in [9.17, 15) is 4.39 Å². The fourth-order valence-corrected chi connectivity index (χ4v) is 2.55. The van der Waals surface area contributed by atoms with Gasteiger partial charge >= 0.3 is 0 Å². The van der Waals surface area contributed by atoms with Crippen molar-refractivity contribution in [1.29, 1.82) is 0 Å². The van der Waals surface area contributed by atoms with E-state index in [4.69, 9.17) is 0 Å². The van der Waals surface area contributed by atoms with Crippen LogP contribution in [0.5, 0.6) is 0 Å². The van der Waals surface area contributed by atoms with Crippen molar-refractivity contribution in [1.82, 2.24) is 15.0 Å². The molecule has 0 radical (unpaired) electrons. The minimum atomic E-state index is -0.293. The Labute approximate surface area is 120 Å². The van der Waals surface area contributed by atoms with Gasteiger partial charge in [0.05, 0.1) is 11.2 Å². The van der Waals surface area contributed by atoms with Crippen LogP contribution in [0.15, 0.2) is 61.2 Å². The number of nitrogens with zero attached hydrogens (tertiary/aromatic N) is 3. The molecule has 0 saturated heterocycles. The number of rotatable bonds is 1. The molecule has 0 aliphatic rings. The molecule has 0 saturated carbocycles. The Bertz CT molecular complexity index is 952. The van der Waals surface area contributed by atoms with Crippen molar-refractivity contribution < 1.29 is 4.39 Å². The van der Waals surface area contributed by atoms with Crippen molar-refractivity contribution in [3.8, 4) is 11.3 Å². The minimum absolute atomic E-state index is 0.293. The molecular weight excluding hydrogens is 265 g/mol. The van der Waals surface area contributed by atoms with Gasteiger partial charge in [-0.2, -0.15) is 0 Å². The highest BCUT2D eigenvalue weighted by Gasteiger charge is 2.10. The Balaban J connectivity index is 2.18. The van der Waals surface area contributed by atoms with Gasteiger partial charge in [-0.25, -0.2) is 9.37 Å². The summed E-state index contributed by atoms with van der Waals surface area (Å²) in [5.41, 5.74) is 2.39. The van der Waals surface area contributed by atoms with E-state index in [-0.39, 0.29) is 5.82 Å². The predicted octanol–water partition coefficient (Wildman–Crippen LogP) is 3.98. The van der Waals surface area contributed by atoms with Crippen molar-refractivity contribution in [3.05, 3.63) is 67.0 Å². The molecule has 4 rings (SSSR count). The van der Waals surface area contributed by atoms with Gasteiger partial charge in [-0.1, -0.05) is 0 Å². The van der Waals surface area contributed by atoms with E-state index < -0.39 is 0 Å². The summed E-state index contributed by atoms with van der Waals surface area (Å²) in [6.07, 6.45) is 6.98. The molecule has 0 aliphatic heterocycles. The second-order valence-electron chi connectivity index (χ2n) is 4.78. The van der Waals surface area contributed by atoms with Gasteiger partial charge in [-0.05, 0) is 30.3 Å². The highest BCUT2D eigenvalue weighted by atomic mass is 19.1. The average molecular weight is 275 g/mol. The summed E-state index contributed by atoms with van der Waals surface area (Å²) < 4.78 is 13.5. The molecule has 0 N–H and O–H groups in total. The fraction of sp³-hybridized carbons (Fsp3) is 0. The molecular formula is C17H10FN3. The molecule has 3 aromatic heterocycles. The molecule has 0 aliphatic carbocycles. The first-order chi connectivity index (χ1) is 10.3. The van der Waals surface area contributed by atoms with Crippen LogP contribution in [0.1, 0.15) is 0 Å². The zero-order valence-electron chi connectivity index (χ0n) is 11.0. The van der Waals surface area contributed by atoms with Crippen LogP contribution in [-0.2, 0) is 0 Å². The topological polar surface area (TPSA) is 38.7 Å². The van der Waals surface area contributed by atoms with Crippen molar-refractivity contribution in [2.75, 3.05) is 0 Å². The highest BCUT2D eigenvalue weighted by molar-refractivity contribution is 6.10. The van der Waals surface area contributed by atoms with Crippen LogP contribution in [0.3, 0.4) is 0 Å². The number of aromatic nitrogens is 3. The zero-order valence-corrected chi connectivity index (χ0v) is 11.0. The molecule has 0 amide bonds. The largest absolute Gasteiger partial charge is 0.265 e. The van der Waals surface area contributed by atoms with Gasteiger partial charge in [-0.3, -0.25) is 9.97 Å². The molecule has 4 heteroatoms. The van der Waals surface area contributed by atoms with Crippen LogP contribution >= 0.6 is 0 Å². The van der Waals surface area contributed by atoms with Gasteiger partial charge in [0.15, 0.2) is 0 Å². The fourth-order valence-electron chi connectivity index (χ4n) is 2.55. The molecule has 3 heterocycles. The maximum Gasteiger partial charge on any atom is 0.125 e. The summed E-state index contributed by atoms with van der Waals surface area (Å²) in [6, 6.07) is 10.4. The number of hydrogen-bond acceptors (Lipinski definition) is 3. The smallest absolute Gasteiger partial charge is 0.125 e. The number of hydrogen-bond donors (Lipinski definition) is 0. The number of halogens is 1. The minimum Gasteiger partial charge on any atom is -0.265 e. The van der Waals surface area contributed by atoms with E-state index in [0.717, 1.165) is 27.4 Å². The van der Waals surface area contributed by atoms with Crippen LogP contribution in [0.2, 0.25) is 0 Å². The van der Waals surface area contributed by atoms with Crippen molar-refractivity contribution in [2.24, 2.45) is 0 Å². The maximum atomic E-state index is 13.5. The first kappa shape index (κ1) is 11.9. The third-order valence-electron chi connectivity index (χ3n) is 3.51. The van der Waals surface area contributed by atoms with Gasteiger partial charge in [0, 0.05) is 52.6 Å². The Morgan fingerprint density at radius 2 is 1.57 bits per heavy atom. The summed E-state index contributed by atoms with van der Waals surface area (Å²) in [7, 11) is 0. The summed E-state index contributed by atoms with van der Waals surface area (Å²) in [5.74, 6) is -0.293. The average Bonchev–Trinajstić information content (AvgIpc) is 2.54. The Kier molecular flexibility index (Phi) is 2.60. The summed E-state index contributed by atoms with van der Waals surface area (Å²) in [6.45, 7) is 0. The lowest BCUT2D eigenvalue weighted by Crippen LogP contribution is -1.91. The molecule has 1 aromatic carbocycles. The number of pyridine rings is 3. The standard InChI is InChI=1S/C17H10FN3/c18-12-1-2-13-15-10-20-8-5-14(15)17(21-16(13)9-12)11-3-6-19-7-4-11/h1-10H. The summed E-state index contributed by atoms with van der Waals surface area (Å²) in [5, 5.41) is 2.86. The van der Waals surface area contributed by atoms with Crippen molar-refractivity contribution in [3.63, 3.8) is 0 Å². The highest BCUT2D eigenvalue weighted by Crippen LogP contribution is 2.31. The monoisotopic (exact) mass is 275 g/mol. The van der Waals surface area contributed by atoms with Crippen LogP contribution in [-0.4, -0.2) is 15.0 Å². The summed E-state index contributed by atoms with van der Waals surface area (Å²) in [4.78, 5) is 12.9. The van der Waals surface area contributed by atoms with Crippen LogP contribution < -0.4 is 0 Å². The Morgan fingerprint density at radius 1 is 0.762 bits per heavy atom. The molecule has 21 heavy (non-hydrogen) atoms. The Morgan fingerprint density at radius 3 is 2.43 bits per heavy atom. The van der Waals surface area contributed by atoms with E-state index in [2.05, 4.69) is 15.0 Å². The maximum absolute atomic E-state index is 13.5. The second kappa shape index (κ2) is 4.59. The van der Waals surface area contributed by atoms with Crippen LogP contribution in [0.4, 0.5) is 4.39 Å². The Hall–Kier alpha value is -2.88. The third-order valence-corrected chi connectivity index (χ3v) is 3.51. The normalized spacial score (nSPS) is 11.1. The molecule has 0 atom stereocenters. The molecule has 3 nitrogen and oxygen atoms in total.